The summed E-state index contributed by atoms with van der Waals surface area (Å²) in [6.45, 7) is 8.71. The normalized spacial score (nSPS) is 15.3. The van der Waals surface area contributed by atoms with Crippen LogP contribution in [0.15, 0.2) is 28.6 Å². The highest BCUT2D eigenvalue weighted by atomic mass is 32.2. The standard InChI is InChI=1S/C18H24N4O2S2/c1-13(2)12-25-18-21-20-17(26-18)19-16(23)15-5-3-14(4-6-15)11-22-7-9-24-10-8-22/h3-6,13H,7-12H2,1-2H3,(H,19,20,23). The van der Waals surface area contributed by atoms with E-state index in [1.807, 2.05) is 24.3 Å². The van der Waals surface area contributed by atoms with Crippen molar-refractivity contribution in [1.82, 2.24) is 15.1 Å². The Morgan fingerprint density at radius 3 is 2.69 bits per heavy atom. The smallest absolute Gasteiger partial charge is 0.257 e. The lowest BCUT2D eigenvalue weighted by atomic mass is 10.1. The predicted molar refractivity (Wildman–Crippen MR) is 106 cm³/mol. The third-order valence-electron chi connectivity index (χ3n) is 3.89. The topological polar surface area (TPSA) is 67.4 Å². The van der Waals surface area contributed by atoms with Crippen LogP contribution in [0.5, 0.6) is 0 Å². The summed E-state index contributed by atoms with van der Waals surface area (Å²) < 4.78 is 6.25. The van der Waals surface area contributed by atoms with Gasteiger partial charge in [-0.05, 0) is 23.6 Å². The van der Waals surface area contributed by atoms with E-state index < -0.39 is 0 Å². The van der Waals surface area contributed by atoms with Crippen LogP contribution in [0, 0.1) is 5.92 Å². The SMILES string of the molecule is CC(C)CSc1nnc(NC(=O)c2ccc(CN3CCOCC3)cc2)s1. The number of nitrogens with zero attached hydrogens (tertiary/aromatic N) is 3. The number of rotatable bonds is 7. The van der Waals surface area contributed by atoms with Gasteiger partial charge in [0.05, 0.1) is 13.2 Å². The number of anilines is 1. The average molecular weight is 393 g/mol. The average Bonchev–Trinajstić information content (AvgIpc) is 3.09. The van der Waals surface area contributed by atoms with Crippen LogP contribution < -0.4 is 5.32 Å². The summed E-state index contributed by atoms with van der Waals surface area (Å²) >= 11 is 3.09. The molecule has 1 N–H and O–H groups in total. The molecule has 2 aromatic rings. The van der Waals surface area contributed by atoms with Gasteiger partial charge in [0.2, 0.25) is 5.13 Å². The number of amides is 1. The number of morpholine rings is 1. The second kappa shape index (κ2) is 9.45. The Balaban J connectivity index is 1.52. The van der Waals surface area contributed by atoms with Crippen molar-refractivity contribution in [3.63, 3.8) is 0 Å². The molecule has 0 atom stereocenters. The van der Waals surface area contributed by atoms with Crippen molar-refractivity contribution in [1.29, 1.82) is 0 Å². The molecule has 3 rings (SSSR count). The van der Waals surface area contributed by atoms with Crippen molar-refractivity contribution in [2.75, 3.05) is 37.4 Å². The first kappa shape index (κ1) is 19.3. The molecular weight excluding hydrogens is 368 g/mol. The van der Waals surface area contributed by atoms with Crippen molar-refractivity contribution in [3.05, 3.63) is 35.4 Å². The predicted octanol–water partition coefficient (Wildman–Crippen LogP) is 3.37. The Bertz CT molecular complexity index is 712. The van der Waals surface area contributed by atoms with Crippen LogP contribution in [-0.2, 0) is 11.3 Å². The largest absolute Gasteiger partial charge is 0.379 e. The molecule has 1 aromatic carbocycles. The van der Waals surface area contributed by atoms with Gasteiger partial charge in [-0.15, -0.1) is 10.2 Å². The summed E-state index contributed by atoms with van der Waals surface area (Å²) in [4.78, 5) is 14.7. The van der Waals surface area contributed by atoms with Crippen molar-refractivity contribution >= 4 is 34.1 Å². The molecule has 0 bridgehead atoms. The van der Waals surface area contributed by atoms with E-state index in [-0.39, 0.29) is 5.91 Å². The van der Waals surface area contributed by atoms with E-state index in [1.54, 1.807) is 11.8 Å². The van der Waals surface area contributed by atoms with Gasteiger partial charge in [-0.3, -0.25) is 15.0 Å². The first-order valence-electron chi connectivity index (χ1n) is 8.77. The van der Waals surface area contributed by atoms with E-state index in [0.29, 0.717) is 16.6 Å². The molecule has 1 fully saturated rings. The van der Waals surface area contributed by atoms with Gasteiger partial charge in [-0.1, -0.05) is 49.1 Å². The number of carbonyl (C=O) groups is 1. The maximum absolute atomic E-state index is 12.4. The molecule has 1 amide bonds. The molecule has 0 radical (unpaired) electrons. The molecule has 0 unspecified atom stereocenters. The van der Waals surface area contributed by atoms with Crippen LogP contribution in [0.2, 0.25) is 0 Å². The maximum Gasteiger partial charge on any atom is 0.257 e. The van der Waals surface area contributed by atoms with Gasteiger partial charge in [-0.2, -0.15) is 0 Å². The molecule has 1 aliphatic rings. The highest BCUT2D eigenvalue weighted by molar-refractivity contribution is 8.01. The zero-order valence-corrected chi connectivity index (χ0v) is 16.7. The fraction of sp³-hybridized carbons (Fsp3) is 0.500. The summed E-state index contributed by atoms with van der Waals surface area (Å²) in [5, 5.41) is 11.5. The number of benzene rings is 1. The zero-order chi connectivity index (χ0) is 18.4. The van der Waals surface area contributed by atoms with E-state index in [4.69, 9.17) is 4.74 Å². The number of nitrogens with one attached hydrogen (secondary N) is 1. The zero-order valence-electron chi connectivity index (χ0n) is 15.1. The van der Waals surface area contributed by atoms with Crippen LogP contribution in [0.3, 0.4) is 0 Å². The molecule has 0 aliphatic carbocycles. The van der Waals surface area contributed by atoms with E-state index in [2.05, 4.69) is 34.3 Å². The lowest BCUT2D eigenvalue weighted by molar-refractivity contribution is 0.0342. The minimum absolute atomic E-state index is 0.153. The Morgan fingerprint density at radius 1 is 1.27 bits per heavy atom. The van der Waals surface area contributed by atoms with Gasteiger partial charge in [0.15, 0.2) is 4.34 Å². The summed E-state index contributed by atoms with van der Waals surface area (Å²) in [6, 6.07) is 7.74. The molecule has 2 heterocycles. The highest BCUT2D eigenvalue weighted by Gasteiger charge is 2.13. The summed E-state index contributed by atoms with van der Waals surface area (Å²) in [5.74, 6) is 1.44. The Labute approximate surface area is 162 Å². The molecule has 1 aromatic heterocycles. The molecule has 1 aliphatic heterocycles. The molecule has 8 heteroatoms. The van der Waals surface area contributed by atoms with Crippen molar-refractivity contribution in [3.8, 4) is 0 Å². The van der Waals surface area contributed by atoms with Crippen molar-refractivity contribution < 1.29 is 9.53 Å². The quantitative estimate of drug-likeness (QED) is 0.576. The second-order valence-corrected chi connectivity index (χ2v) is 8.86. The number of aromatic nitrogens is 2. The number of hydrogen-bond donors (Lipinski definition) is 1. The van der Waals surface area contributed by atoms with Gasteiger partial charge >= 0.3 is 0 Å². The van der Waals surface area contributed by atoms with Crippen molar-refractivity contribution in [2.45, 2.75) is 24.7 Å². The number of ether oxygens (including phenoxy) is 1. The van der Waals surface area contributed by atoms with Gasteiger partial charge in [0.25, 0.3) is 5.91 Å². The first-order chi connectivity index (χ1) is 12.6. The van der Waals surface area contributed by atoms with Crippen LogP contribution in [0.4, 0.5) is 5.13 Å². The molecule has 1 saturated heterocycles. The number of thioether (sulfide) groups is 1. The third-order valence-corrected chi connectivity index (χ3v) is 6.29. The monoisotopic (exact) mass is 392 g/mol. The minimum atomic E-state index is -0.153. The first-order valence-corrected chi connectivity index (χ1v) is 10.6. The third kappa shape index (κ3) is 5.77. The number of hydrogen-bond acceptors (Lipinski definition) is 7. The van der Waals surface area contributed by atoms with Crippen LogP contribution in [-0.4, -0.2) is 53.1 Å². The fourth-order valence-electron chi connectivity index (χ4n) is 2.50. The van der Waals surface area contributed by atoms with E-state index in [1.165, 1.54) is 16.9 Å². The fourth-order valence-corrected chi connectivity index (χ4v) is 4.23. The Hall–Kier alpha value is -1.48. The molecule has 0 spiro atoms. The Kier molecular flexibility index (Phi) is 7.01. The summed E-state index contributed by atoms with van der Waals surface area (Å²) in [6.07, 6.45) is 0. The molecule has 140 valence electrons. The van der Waals surface area contributed by atoms with Gasteiger partial charge < -0.3 is 4.74 Å². The minimum Gasteiger partial charge on any atom is -0.379 e. The van der Waals surface area contributed by atoms with Crippen LogP contribution in [0.1, 0.15) is 29.8 Å². The Morgan fingerprint density at radius 2 is 2.00 bits per heavy atom. The van der Waals surface area contributed by atoms with Crippen LogP contribution >= 0.6 is 23.1 Å². The summed E-state index contributed by atoms with van der Waals surface area (Å²) in [5.41, 5.74) is 1.83. The summed E-state index contributed by atoms with van der Waals surface area (Å²) in [7, 11) is 0. The lowest BCUT2D eigenvalue weighted by Gasteiger charge is -2.26. The van der Waals surface area contributed by atoms with Crippen LogP contribution in [0.25, 0.3) is 0 Å². The van der Waals surface area contributed by atoms with Crippen molar-refractivity contribution in [2.24, 2.45) is 5.92 Å². The molecule has 26 heavy (non-hydrogen) atoms. The number of carbonyl (C=O) groups excluding carboxylic acids is 1. The van der Waals surface area contributed by atoms with E-state index in [9.17, 15) is 4.79 Å². The van der Waals surface area contributed by atoms with Gasteiger partial charge in [0, 0.05) is 31.0 Å². The molecule has 0 saturated carbocycles. The highest BCUT2D eigenvalue weighted by Crippen LogP contribution is 2.27. The van der Waals surface area contributed by atoms with Gasteiger partial charge in [-0.25, -0.2) is 0 Å². The molecule has 6 nitrogen and oxygen atoms in total. The van der Waals surface area contributed by atoms with E-state index >= 15 is 0 Å². The van der Waals surface area contributed by atoms with E-state index in [0.717, 1.165) is 42.9 Å². The second-order valence-electron chi connectivity index (χ2n) is 6.62. The lowest BCUT2D eigenvalue weighted by Crippen LogP contribution is -2.35. The van der Waals surface area contributed by atoms with Gasteiger partial charge in [0.1, 0.15) is 0 Å². The maximum atomic E-state index is 12.4. The molecular formula is C18H24N4O2S2.